The van der Waals surface area contributed by atoms with Gasteiger partial charge in [0.15, 0.2) is 0 Å². The van der Waals surface area contributed by atoms with Gasteiger partial charge in [-0.15, -0.1) is 0 Å². The zero-order valence-electron chi connectivity index (χ0n) is 11.6. The van der Waals surface area contributed by atoms with Crippen LogP contribution in [0.5, 0.6) is 0 Å². The minimum Gasteiger partial charge on any atom is -0.481 e. The molecule has 1 unspecified atom stereocenters. The summed E-state index contributed by atoms with van der Waals surface area (Å²) in [4.78, 5) is 26.5. The van der Waals surface area contributed by atoms with Gasteiger partial charge in [-0.25, -0.2) is 0 Å². The topological polar surface area (TPSA) is 82.2 Å². The number of carbonyl (C=O) groups excluding carboxylic acids is 1. The number of carboxylic acid groups (broad SMARTS) is 1. The molecule has 0 radical (unpaired) electrons. The number of hydrogen-bond acceptors (Lipinski definition) is 2. The van der Waals surface area contributed by atoms with E-state index in [0.717, 1.165) is 10.9 Å². The summed E-state index contributed by atoms with van der Waals surface area (Å²) in [6, 6.07) is 7.33. The summed E-state index contributed by atoms with van der Waals surface area (Å²) in [6.45, 7) is 3.53. The van der Waals surface area contributed by atoms with Crippen molar-refractivity contribution in [2.45, 2.75) is 20.3 Å². The molecule has 0 spiro atoms. The Morgan fingerprint density at radius 1 is 1.35 bits per heavy atom. The molecule has 20 heavy (non-hydrogen) atoms. The minimum absolute atomic E-state index is 0.106. The molecule has 3 N–H and O–H groups in total. The second kappa shape index (κ2) is 5.36. The average molecular weight is 274 g/mol. The first-order valence-corrected chi connectivity index (χ1v) is 6.55. The first-order chi connectivity index (χ1) is 9.48. The van der Waals surface area contributed by atoms with Crippen LogP contribution in [0.25, 0.3) is 10.9 Å². The Bertz CT molecular complexity index is 647. The van der Waals surface area contributed by atoms with E-state index < -0.39 is 11.4 Å². The Labute approximate surface area is 117 Å². The first kappa shape index (κ1) is 14.1. The number of aliphatic carboxylic acids is 1. The van der Waals surface area contributed by atoms with Gasteiger partial charge in [0.05, 0.1) is 16.5 Å². The zero-order valence-corrected chi connectivity index (χ0v) is 11.6. The average Bonchev–Trinajstić information content (AvgIpc) is 2.92. The molecule has 0 fully saturated rings. The number of rotatable bonds is 5. The van der Waals surface area contributed by atoms with Gasteiger partial charge in [0.1, 0.15) is 0 Å². The van der Waals surface area contributed by atoms with Crippen LogP contribution >= 0.6 is 0 Å². The molecule has 1 heterocycles. The molecule has 0 aliphatic carbocycles. The maximum absolute atomic E-state index is 12.2. The van der Waals surface area contributed by atoms with E-state index in [1.165, 1.54) is 0 Å². The highest BCUT2D eigenvalue weighted by molar-refractivity contribution is 6.05. The van der Waals surface area contributed by atoms with E-state index in [2.05, 4.69) is 10.3 Å². The van der Waals surface area contributed by atoms with Crippen LogP contribution < -0.4 is 5.32 Å². The van der Waals surface area contributed by atoms with Gasteiger partial charge in [-0.3, -0.25) is 9.59 Å². The number of H-pyrrole nitrogens is 1. The van der Waals surface area contributed by atoms with Gasteiger partial charge in [0.25, 0.3) is 5.91 Å². The molecule has 1 atom stereocenters. The predicted molar refractivity (Wildman–Crippen MR) is 76.7 cm³/mol. The van der Waals surface area contributed by atoms with E-state index >= 15 is 0 Å². The smallest absolute Gasteiger partial charge is 0.311 e. The molecule has 2 aromatic rings. The van der Waals surface area contributed by atoms with Gasteiger partial charge >= 0.3 is 5.97 Å². The number of hydrogen-bond donors (Lipinski definition) is 3. The predicted octanol–water partition coefficient (Wildman–Crippen LogP) is 2.40. The fourth-order valence-electron chi connectivity index (χ4n) is 2.00. The molecule has 0 aliphatic heterocycles. The quantitative estimate of drug-likeness (QED) is 0.783. The summed E-state index contributed by atoms with van der Waals surface area (Å²) in [7, 11) is 0. The van der Waals surface area contributed by atoms with Crippen molar-refractivity contribution in [3.8, 4) is 0 Å². The highest BCUT2D eigenvalue weighted by atomic mass is 16.4. The Kier molecular flexibility index (Phi) is 3.79. The van der Waals surface area contributed by atoms with Crippen LogP contribution in [0.1, 0.15) is 30.6 Å². The molecular weight excluding hydrogens is 256 g/mol. The van der Waals surface area contributed by atoms with Gasteiger partial charge in [0, 0.05) is 18.1 Å². The molecule has 1 amide bonds. The Balaban J connectivity index is 2.17. The third-order valence-electron chi connectivity index (χ3n) is 3.77. The second-order valence-electron chi connectivity index (χ2n) is 5.15. The van der Waals surface area contributed by atoms with Crippen molar-refractivity contribution in [2.75, 3.05) is 6.54 Å². The summed E-state index contributed by atoms with van der Waals surface area (Å²) in [5.74, 6) is -1.17. The zero-order chi connectivity index (χ0) is 14.8. The normalized spacial score (nSPS) is 13.9. The van der Waals surface area contributed by atoms with E-state index in [1.807, 2.05) is 12.1 Å². The third-order valence-corrected chi connectivity index (χ3v) is 3.77. The van der Waals surface area contributed by atoms with Crippen molar-refractivity contribution in [1.82, 2.24) is 10.3 Å². The Morgan fingerprint density at radius 3 is 2.75 bits per heavy atom. The fraction of sp³-hybridized carbons (Fsp3) is 0.333. The lowest BCUT2D eigenvalue weighted by Crippen LogP contribution is -2.40. The lowest BCUT2D eigenvalue weighted by Gasteiger charge is -2.23. The van der Waals surface area contributed by atoms with Crippen molar-refractivity contribution in [3.05, 3.63) is 36.0 Å². The minimum atomic E-state index is -0.945. The number of benzene rings is 1. The molecule has 5 heteroatoms. The fourth-order valence-corrected chi connectivity index (χ4v) is 2.00. The monoisotopic (exact) mass is 274 g/mol. The van der Waals surface area contributed by atoms with Gasteiger partial charge in [-0.05, 0) is 25.5 Å². The SMILES string of the molecule is CCC(C)(CNC(=O)c1cccc2cc[nH]c12)C(=O)O. The number of amides is 1. The van der Waals surface area contributed by atoms with Crippen molar-refractivity contribution in [1.29, 1.82) is 0 Å². The molecule has 1 aromatic carbocycles. The number of carboxylic acids is 1. The number of fused-ring (bicyclic) bond motifs is 1. The number of aromatic amines is 1. The van der Waals surface area contributed by atoms with Crippen LogP contribution in [0.3, 0.4) is 0 Å². The van der Waals surface area contributed by atoms with Crippen LogP contribution in [-0.4, -0.2) is 28.5 Å². The van der Waals surface area contributed by atoms with Crippen LogP contribution in [-0.2, 0) is 4.79 Å². The van der Waals surface area contributed by atoms with Gasteiger partial charge < -0.3 is 15.4 Å². The van der Waals surface area contributed by atoms with E-state index in [-0.39, 0.29) is 12.5 Å². The largest absolute Gasteiger partial charge is 0.481 e. The number of carbonyl (C=O) groups is 2. The molecule has 106 valence electrons. The van der Waals surface area contributed by atoms with Crippen LogP contribution in [0.2, 0.25) is 0 Å². The molecule has 2 rings (SSSR count). The third kappa shape index (κ3) is 2.52. The van der Waals surface area contributed by atoms with E-state index in [0.29, 0.717) is 12.0 Å². The lowest BCUT2D eigenvalue weighted by molar-refractivity contribution is -0.147. The van der Waals surface area contributed by atoms with E-state index in [9.17, 15) is 14.7 Å². The van der Waals surface area contributed by atoms with Crippen molar-refractivity contribution in [3.63, 3.8) is 0 Å². The summed E-state index contributed by atoms with van der Waals surface area (Å²) in [5, 5.41) is 12.9. The molecule has 0 saturated heterocycles. The number of nitrogens with one attached hydrogen (secondary N) is 2. The maximum Gasteiger partial charge on any atom is 0.311 e. The van der Waals surface area contributed by atoms with Gasteiger partial charge in [0.2, 0.25) is 0 Å². The van der Waals surface area contributed by atoms with Crippen molar-refractivity contribution in [2.24, 2.45) is 5.41 Å². The highest BCUT2D eigenvalue weighted by Gasteiger charge is 2.31. The highest BCUT2D eigenvalue weighted by Crippen LogP contribution is 2.21. The summed E-state index contributed by atoms with van der Waals surface area (Å²) in [5.41, 5.74) is 0.342. The number of aromatic nitrogens is 1. The second-order valence-corrected chi connectivity index (χ2v) is 5.15. The Morgan fingerprint density at radius 2 is 2.10 bits per heavy atom. The first-order valence-electron chi connectivity index (χ1n) is 6.55. The molecule has 0 aliphatic rings. The van der Waals surface area contributed by atoms with E-state index in [1.54, 1.807) is 32.2 Å². The molecule has 1 aromatic heterocycles. The van der Waals surface area contributed by atoms with Gasteiger partial charge in [-0.2, -0.15) is 0 Å². The van der Waals surface area contributed by atoms with E-state index in [4.69, 9.17) is 0 Å². The summed E-state index contributed by atoms with van der Waals surface area (Å²) < 4.78 is 0. The standard InChI is InChI=1S/C15H18N2O3/c1-3-15(2,14(19)20)9-17-13(18)11-6-4-5-10-7-8-16-12(10)11/h4-8,16H,3,9H2,1-2H3,(H,17,18)(H,19,20). The summed E-state index contributed by atoms with van der Waals surface area (Å²) in [6.07, 6.45) is 2.23. The lowest BCUT2D eigenvalue weighted by atomic mass is 9.87. The molecular formula is C15H18N2O3. The van der Waals surface area contributed by atoms with Crippen LogP contribution in [0.15, 0.2) is 30.5 Å². The molecule has 0 saturated carbocycles. The maximum atomic E-state index is 12.2. The van der Waals surface area contributed by atoms with Gasteiger partial charge in [-0.1, -0.05) is 19.1 Å². The van der Waals surface area contributed by atoms with Crippen LogP contribution in [0, 0.1) is 5.41 Å². The van der Waals surface area contributed by atoms with Crippen molar-refractivity contribution >= 4 is 22.8 Å². The summed E-state index contributed by atoms with van der Waals surface area (Å²) >= 11 is 0. The molecule has 0 bridgehead atoms. The Hall–Kier alpha value is -2.30. The van der Waals surface area contributed by atoms with Crippen molar-refractivity contribution < 1.29 is 14.7 Å². The number of para-hydroxylation sites is 1. The van der Waals surface area contributed by atoms with Crippen LogP contribution in [0.4, 0.5) is 0 Å². The molecule has 5 nitrogen and oxygen atoms in total.